The van der Waals surface area contributed by atoms with Crippen molar-refractivity contribution in [1.29, 1.82) is 0 Å². The number of para-hydroxylation sites is 1. The molecule has 0 saturated heterocycles. The fraction of sp³-hybridized carbons (Fsp3) is 0.211. The van der Waals surface area contributed by atoms with Crippen LogP contribution in [0.1, 0.15) is 13.3 Å². The van der Waals surface area contributed by atoms with Crippen LogP contribution in [-0.4, -0.2) is 29.1 Å². The zero-order chi connectivity index (χ0) is 20.3. The number of thioether (sulfide) groups is 1. The summed E-state index contributed by atoms with van der Waals surface area (Å²) in [5.41, 5.74) is 0.715. The van der Waals surface area contributed by atoms with Crippen LogP contribution in [0.15, 0.2) is 47.4 Å². The second-order valence-electron chi connectivity index (χ2n) is 6.05. The summed E-state index contributed by atoms with van der Waals surface area (Å²) in [6, 6.07) is 10.1. The van der Waals surface area contributed by atoms with E-state index in [1.807, 2.05) is 12.1 Å². The van der Waals surface area contributed by atoms with Gasteiger partial charge in [0.25, 0.3) is 5.91 Å². The van der Waals surface area contributed by atoms with Crippen molar-refractivity contribution in [2.45, 2.75) is 29.6 Å². The molecule has 0 aliphatic carbocycles. The summed E-state index contributed by atoms with van der Waals surface area (Å²) in [5, 5.41) is 4.38. The Morgan fingerprint density at radius 1 is 1.21 bits per heavy atom. The van der Waals surface area contributed by atoms with E-state index in [0.29, 0.717) is 5.69 Å². The van der Waals surface area contributed by atoms with Gasteiger partial charge in [0.1, 0.15) is 0 Å². The highest BCUT2D eigenvalue weighted by atomic mass is 32.2. The van der Waals surface area contributed by atoms with Crippen LogP contribution in [0.5, 0.6) is 0 Å². The standard InChI is InChI=1S/C19H16F2N2O4S/c1-10(18(25)22-11-6-7-12(20)13(21)8-11)27-17(24)9-16-19(26)23-14-4-2-3-5-15(14)28-16/h2-8,10,16H,9H2,1H3,(H,22,25)(H,23,26)/t10-,16-/m0/s1. The number of carbonyl (C=O) groups is 3. The first-order valence-corrected chi connectivity index (χ1v) is 9.23. The summed E-state index contributed by atoms with van der Waals surface area (Å²) in [5.74, 6) is -3.89. The van der Waals surface area contributed by atoms with E-state index in [4.69, 9.17) is 4.74 Å². The van der Waals surface area contributed by atoms with E-state index in [-0.39, 0.29) is 18.0 Å². The molecule has 28 heavy (non-hydrogen) atoms. The highest BCUT2D eigenvalue weighted by Gasteiger charge is 2.30. The topological polar surface area (TPSA) is 84.5 Å². The molecule has 1 aliphatic rings. The maximum atomic E-state index is 13.2. The van der Waals surface area contributed by atoms with Crippen LogP contribution in [0.4, 0.5) is 20.2 Å². The molecular formula is C19H16F2N2O4S. The second-order valence-corrected chi connectivity index (χ2v) is 7.29. The molecule has 2 amide bonds. The molecule has 2 atom stereocenters. The van der Waals surface area contributed by atoms with Gasteiger partial charge in [-0.1, -0.05) is 12.1 Å². The Kier molecular flexibility index (Phi) is 5.93. The number of halogens is 2. The maximum Gasteiger partial charge on any atom is 0.308 e. The average molecular weight is 406 g/mol. The van der Waals surface area contributed by atoms with Gasteiger partial charge in [0.2, 0.25) is 5.91 Å². The number of fused-ring (bicyclic) bond motifs is 1. The normalized spacial score (nSPS) is 16.5. The van der Waals surface area contributed by atoms with Crippen LogP contribution in [0.25, 0.3) is 0 Å². The molecule has 1 aliphatic heterocycles. The van der Waals surface area contributed by atoms with E-state index < -0.39 is 34.9 Å². The van der Waals surface area contributed by atoms with E-state index in [1.165, 1.54) is 24.8 Å². The number of amides is 2. The van der Waals surface area contributed by atoms with Crippen molar-refractivity contribution in [1.82, 2.24) is 0 Å². The van der Waals surface area contributed by atoms with Crippen molar-refractivity contribution in [2.24, 2.45) is 0 Å². The second kappa shape index (κ2) is 8.39. The quantitative estimate of drug-likeness (QED) is 0.744. The summed E-state index contributed by atoms with van der Waals surface area (Å²) in [6.45, 7) is 1.34. The largest absolute Gasteiger partial charge is 0.452 e. The molecule has 0 bridgehead atoms. The highest BCUT2D eigenvalue weighted by molar-refractivity contribution is 8.01. The summed E-state index contributed by atoms with van der Waals surface area (Å²) >= 11 is 1.24. The third kappa shape index (κ3) is 4.66. The first-order valence-electron chi connectivity index (χ1n) is 8.35. The van der Waals surface area contributed by atoms with E-state index in [2.05, 4.69) is 10.6 Å². The molecule has 6 nitrogen and oxygen atoms in total. The minimum absolute atomic E-state index is 0.0330. The molecule has 0 aromatic heterocycles. The lowest BCUT2D eigenvalue weighted by molar-refractivity contribution is -0.153. The summed E-state index contributed by atoms with van der Waals surface area (Å²) < 4.78 is 31.2. The van der Waals surface area contributed by atoms with Crippen molar-refractivity contribution in [2.75, 3.05) is 10.6 Å². The molecule has 1 heterocycles. The number of nitrogens with one attached hydrogen (secondary N) is 2. The number of ether oxygens (including phenoxy) is 1. The first kappa shape index (κ1) is 19.8. The Morgan fingerprint density at radius 2 is 1.96 bits per heavy atom. The van der Waals surface area contributed by atoms with Crippen LogP contribution in [0.3, 0.4) is 0 Å². The molecule has 0 radical (unpaired) electrons. The van der Waals surface area contributed by atoms with Crippen LogP contribution in [0.2, 0.25) is 0 Å². The molecule has 0 fully saturated rings. The SMILES string of the molecule is C[C@H](OC(=O)C[C@@H]1Sc2ccccc2NC1=O)C(=O)Nc1ccc(F)c(F)c1. The molecule has 2 aromatic rings. The van der Waals surface area contributed by atoms with Gasteiger partial charge in [-0.05, 0) is 31.2 Å². The summed E-state index contributed by atoms with van der Waals surface area (Å²) in [7, 11) is 0. The van der Waals surface area contributed by atoms with E-state index >= 15 is 0 Å². The Morgan fingerprint density at radius 3 is 2.71 bits per heavy atom. The lowest BCUT2D eigenvalue weighted by atomic mass is 10.2. The zero-order valence-electron chi connectivity index (χ0n) is 14.7. The van der Waals surface area contributed by atoms with E-state index in [0.717, 1.165) is 17.0 Å². The smallest absolute Gasteiger partial charge is 0.308 e. The zero-order valence-corrected chi connectivity index (χ0v) is 15.5. The van der Waals surface area contributed by atoms with E-state index in [1.54, 1.807) is 12.1 Å². The van der Waals surface area contributed by atoms with Gasteiger partial charge in [0, 0.05) is 16.6 Å². The number of anilines is 2. The van der Waals surface area contributed by atoms with E-state index in [9.17, 15) is 23.2 Å². The predicted molar refractivity (Wildman–Crippen MR) is 99.9 cm³/mol. The highest BCUT2D eigenvalue weighted by Crippen LogP contribution is 2.36. The average Bonchev–Trinajstić information content (AvgIpc) is 2.65. The predicted octanol–water partition coefficient (Wildman–Crippen LogP) is 3.34. The van der Waals surface area contributed by atoms with Gasteiger partial charge in [0.15, 0.2) is 17.7 Å². The van der Waals surface area contributed by atoms with Gasteiger partial charge in [-0.25, -0.2) is 8.78 Å². The van der Waals surface area contributed by atoms with Crippen LogP contribution < -0.4 is 10.6 Å². The van der Waals surface area contributed by atoms with Gasteiger partial charge in [0.05, 0.1) is 17.4 Å². The lowest BCUT2D eigenvalue weighted by Crippen LogP contribution is -2.34. The number of hydrogen-bond donors (Lipinski definition) is 2. The van der Waals surface area contributed by atoms with Gasteiger partial charge in [-0.2, -0.15) is 0 Å². The van der Waals surface area contributed by atoms with Gasteiger partial charge in [-0.15, -0.1) is 11.8 Å². The van der Waals surface area contributed by atoms with Crippen molar-refractivity contribution >= 4 is 40.9 Å². The van der Waals surface area contributed by atoms with Gasteiger partial charge >= 0.3 is 5.97 Å². The number of benzene rings is 2. The molecule has 9 heteroatoms. The summed E-state index contributed by atoms with van der Waals surface area (Å²) in [6.07, 6.45) is -1.39. The Balaban J connectivity index is 1.54. The van der Waals surface area contributed by atoms with Crippen molar-refractivity contribution in [3.8, 4) is 0 Å². The molecule has 0 unspecified atom stereocenters. The lowest BCUT2D eigenvalue weighted by Gasteiger charge is -2.23. The Hall–Kier alpha value is -2.94. The third-order valence-electron chi connectivity index (χ3n) is 3.92. The minimum atomic E-state index is -1.18. The first-order chi connectivity index (χ1) is 13.3. The minimum Gasteiger partial charge on any atom is -0.452 e. The molecule has 2 aromatic carbocycles. The van der Waals surface area contributed by atoms with Crippen molar-refractivity contribution < 1.29 is 27.9 Å². The fourth-order valence-electron chi connectivity index (χ4n) is 2.49. The molecular weight excluding hydrogens is 390 g/mol. The van der Waals surface area contributed by atoms with Crippen LogP contribution in [-0.2, 0) is 19.1 Å². The number of hydrogen-bond acceptors (Lipinski definition) is 5. The number of esters is 1. The monoisotopic (exact) mass is 406 g/mol. The van der Waals surface area contributed by atoms with Crippen molar-refractivity contribution in [3.05, 3.63) is 54.1 Å². The Bertz CT molecular complexity index is 938. The van der Waals surface area contributed by atoms with Crippen LogP contribution in [0, 0.1) is 11.6 Å². The third-order valence-corrected chi connectivity index (χ3v) is 5.20. The summed E-state index contributed by atoms with van der Waals surface area (Å²) in [4.78, 5) is 37.2. The number of carbonyl (C=O) groups excluding carboxylic acids is 3. The maximum absolute atomic E-state index is 13.2. The van der Waals surface area contributed by atoms with Gasteiger partial charge < -0.3 is 15.4 Å². The fourth-order valence-corrected chi connectivity index (χ4v) is 3.59. The van der Waals surface area contributed by atoms with Gasteiger partial charge in [-0.3, -0.25) is 14.4 Å². The van der Waals surface area contributed by atoms with Crippen molar-refractivity contribution in [3.63, 3.8) is 0 Å². The number of rotatable bonds is 5. The van der Waals surface area contributed by atoms with Crippen LogP contribution >= 0.6 is 11.8 Å². The molecule has 0 spiro atoms. The Labute approximate surface area is 163 Å². The molecule has 0 saturated carbocycles. The molecule has 146 valence electrons. The molecule has 3 rings (SSSR count). The molecule has 2 N–H and O–H groups in total.